The first kappa shape index (κ1) is 14.0. The second-order valence-electron chi connectivity index (χ2n) is 5.21. The molecule has 104 valence electrons. The summed E-state index contributed by atoms with van der Waals surface area (Å²) >= 11 is 0. The van der Waals surface area contributed by atoms with Crippen molar-refractivity contribution in [2.24, 2.45) is 5.73 Å². The molecule has 0 saturated carbocycles. The SMILES string of the molecule is Cc1ccc(F)c(C(=O)N2CCCC[C@@H]2CCN)c1. The smallest absolute Gasteiger partial charge is 0.257 e. The van der Waals surface area contributed by atoms with Gasteiger partial charge in [0.2, 0.25) is 0 Å². The molecule has 2 N–H and O–H groups in total. The fraction of sp³-hybridized carbons (Fsp3) is 0.533. The minimum atomic E-state index is -0.437. The highest BCUT2D eigenvalue weighted by atomic mass is 19.1. The molecule has 0 radical (unpaired) electrons. The number of hydrogen-bond acceptors (Lipinski definition) is 2. The van der Waals surface area contributed by atoms with Crippen LogP contribution in [0.5, 0.6) is 0 Å². The van der Waals surface area contributed by atoms with E-state index in [0.717, 1.165) is 31.2 Å². The summed E-state index contributed by atoms with van der Waals surface area (Å²) in [7, 11) is 0. The Morgan fingerprint density at radius 2 is 2.26 bits per heavy atom. The van der Waals surface area contributed by atoms with Crippen LogP contribution in [0.25, 0.3) is 0 Å². The summed E-state index contributed by atoms with van der Waals surface area (Å²) in [5, 5.41) is 0. The van der Waals surface area contributed by atoms with Gasteiger partial charge in [0.15, 0.2) is 0 Å². The van der Waals surface area contributed by atoms with Crippen LogP contribution in [0.3, 0.4) is 0 Å². The van der Waals surface area contributed by atoms with Gasteiger partial charge in [-0.15, -0.1) is 0 Å². The molecule has 3 nitrogen and oxygen atoms in total. The first-order valence-corrected chi connectivity index (χ1v) is 6.90. The predicted molar refractivity (Wildman–Crippen MR) is 73.5 cm³/mol. The van der Waals surface area contributed by atoms with Gasteiger partial charge < -0.3 is 10.6 Å². The molecule has 1 saturated heterocycles. The summed E-state index contributed by atoms with van der Waals surface area (Å²) in [6, 6.07) is 4.83. The van der Waals surface area contributed by atoms with Crippen molar-refractivity contribution < 1.29 is 9.18 Å². The Kier molecular flexibility index (Phi) is 4.53. The molecular weight excluding hydrogens is 243 g/mol. The summed E-state index contributed by atoms with van der Waals surface area (Å²) in [6.45, 7) is 3.13. The van der Waals surface area contributed by atoms with E-state index in [-0.39, 0.29) is 17.5 Å². The number of carbonyl (C=O) groups excluding carboxylic acids is 1. The molecule has 4 heteroatoms. The lowest BCUT2D eigenvalue weighted by molar-refractivity contribution is 0.0600. The van der Waals surface area contributed by atoms with Crippen molar-refractivity contribution in [3.05, 3.63) is 35.1 Å². The number of piperidine rings is 1. The third-order valence-corrected chi connectivity index (χ3v) is 3.74. The maximum Gasteiger partial charge on any atom is 0.257 e. The molecule has 1 atom stereocenters. The van der Waals surface area contributed by atoms with Crippen LogP contribution in [0.15, 0.2) is 18.2 Å². The number of nitrogens with two attached hydrogens (primary N) is 1. The van der Waals surface area contributed by atoms with Crippen LogP contribution in [0.4, 0.5) is 4.39 Å². The van der Waals surface area contributed by atoms with Gasteiger partial charge in [-0.05, 0) is 51.3 Å². The number of nitrogens with zero attached hydrogens (tertiary/aromatic N) is 1. The number of benzene rings is 1. The summed E-state index contributed by atoms with van der Waals surface area (Å²) in [5.41, 5.74) is 6.69. The van der Waals surface area contributed by atoms with E-state index in [1.165, 1.54) is 6.07 Å². The van der Waals surface area contributed by atoms with Gasteiger partial charge in [0.25, 0.3) is 5.91 Å². The van der Waals surface area contributed by atoms with Crippen molar-refractivity contribution in [2.45, 2.75) is 38.6 Å². The van der Waals surface area contributed by atoms with Gasteiger partial charge in [-0.3, -0.25) is 4.79 Å². The number of rotatable bonds is 3. The second-order valence-corrected chi connectivity index (χ2v) is 5.21. The van der Waals surface area contributed by atoms with Crippen LogP contribution in [-0.4, -0.2) is 29.9 Å². The maximum absolute atomic E-state index is 13.8. The average molecular weight is 264 g/mol. The fourth-order valence-electron chi connectivity index (χ4n) is 2.72. The third-order valence-electron chi connectivity index (χ3n) is 3.74. The van der Waals surface area contributed by atoms with E-state index >= 15 is 0 Å². The van der Waals surface area contributed by atoms with Gasteiger partial charge in [-0.1, -0.05) is 11.6 Å². The molecule has 0 spiro atoms. The topological polar surface area (TPSA) is 46.3 Å². The molecule has 0 aromatic heterocycles. The lowest BCUT2D eigenvalue weighted by Gasteiger charge is -2.35. The molecule has 1 aliphatic rings. The number of amides is 1. The van der Waals surface area contributed by atoms with E-state index < -0.39 is 5.82 Å². The highest BCUT2D eigenvalue weighted by molar-refractivity contribution is 5.95. The summed E-state index contributed by atoms with van der Waals surface area (Å²) < 4.78 is 13.8. The minimum absolute atomic E-state index is 0.158. The van der Waals surface area contributed by atoms with Crippen LogP contribution < -0.4 is 5.73 Å². The molecule has 1 fully saturated rings. The van der Waals surface area contributed by atoms with E-state index in [4.69, 9.17) is 5.73 Å². The molecule has 0 bridgehead atoms. The van der Waals surface area contributed by atoms with Gasteiger partial charge in [0.1, 0.15) is 5.82 Å². The van der Waals surface area contributed by atoms with Crippen LogP contribution in [0.1, 0.15) is 41.6 Å². The maximum atomic E-state index is 13.8. The van der Waals surface area contributed by atoms with E-state index in [2.05, 4.69) is 0 Å². The Bertz CT molecular complexity index is 459. The third kappa shape index (κ3) is 3.13. The van der Waals surface area contributed by atoms with Gasteiger partial charge in [0, 0.05) is 12.6 Å². The molecular formula is C15H21FN2O. The Balaban J connectivity index is 2.23. The molecule has 0 aliphatic carbocycles. The van der Waals surface area contributed by atoms with E-state index in [9.17, 15) is 9.18 Å². The van der Waals surface area contributed by atoms with Crippen molar-refractivity contribution >= 4 is 5.91 Å². The van der Waals surface area contributed by atoms with Crippen LogP contribution in [0.2, 0.25) is 0 Å². The normalized spacial score (nSPS) is 19.5. The van der Waals surface area contributed by atoms with Crippen LogP contribution in [-0.2, 0) is 0 Å². The molecule has 1 aliphatic heterocycles. The Morgan fingerprint density at radius 3 is 3.00 bits per heavy atom. The van der Waals surface area contributed by atoms with Crippen LogP contribution in [0, 0.1) is 12.7 Å². The zero-order valence-electron chi connectivity index (χ0n) is 11.4. The molecule has 1 heterocycles. The Morgan fingerprint density at radius 1 is 1.47 bits per heavy atom. The second kappa shape index (κ2) is 6.15. The number of hydrogen-bond donors (Lipinski definition) is 1. The van der Waals surface area contributed by atoms with Crippen molar-refractivity contribution in [3.8, 4) is 0 Å². The molecule has 2 rings (SSSR count). The van der Waals surface area contributed by atoms with Gasteiger partial charge in [0.05, 0.1) is 5.56 Å². The Labute approximate surface area is 113 Å². The number of halogens is 1. The minimum Gasteiger partial charge on any atom is -0.336 e. The number of likely N-dealkylation sites (tertiary alicyclic amines) is 1. The lowest BCUT2D eigenvalue weighted by Crippen LogP contribution is -2.44. The van der Waals surface area contributed by atoms with Crippen molar-refractivity contribution in [1.29, 1.82) is 0 Å². The largest absolute Gasteiger partial charge is 0.336 e. The van der Waals surface area contributed by atoms with E-state index in [1.807, 2.05) is 6.92 Å². The summed E-state index contributed by atoms with van der Waals surface area (Å²) in [5.74, 6) is -0.632. The number of aryl methyl sites for hydroxylation is 1. The number of carbonyl (C=O) groups is 1. The highest BCUT2D eigenvalue weighted by Gasteiger charge is 2.28. The lowest BCUT2D eigenvalue weighted by atomic mass is 9.98. The van der Waals surface area contributed by atoms with Gasteiger partial charge in [-0.25, -0.2) is 4.39 Å². The monoisotopic (exact) mass is 264 g/mol. The average Bonchev–Trinajstić information content (AvgIpc) is 2.42. The zero-order chi connectivity index (χ0) is 13.8. The van der Waals surface area contributed by atoms with Gasteiger partial charge in [-0.2, -0.15) is 0 Å². The van der Waals surface area contributed by atoms with Crippen molar-refractivity contribution in [2.75, 3.05) is 13.1 Å². The van der Waals surface area contributed by atoms with Crippen LogP contribution >= 0.6 is 0 Å². The molecule has 1 aromatic carbocycles. The summed E-state index contributed by atoms with van der Waals surface area (Å²) in [6.07, 6.45) is 3.86. The highest BCUT2D eigenvalue weighted by Crippen LogP contribution is 2.23. The first-order chi connectivity index (χ1) is 9.13. The zero-order valence-corrected chi connectivity index (χ0v) is 11.4. The first-order valence-electron chi connectivity index (χ1n) is 6.90. The predicted octanol–water partition coefficient (Wildman–Crippen LogP) is 2.48. The molecule has 1 aromatic rings. The Hall–Kier alpha value is -1.42. The molecule has 0 unspecified atom stereocenters. The van der Waals surface area contributed by atoms with E-state index in [0.29, 0.717) is 13.1 Å². The quantitative estimate of drug-likeness (QED) is 0.911. The summed E-state index contributed by atoms with van der Waals surface area (Å²) in [4.78, 5) is 14.3. The molecule has 1 amide bonds. The van der Waals surface area contributed by atoms with Gasteiger partial charge >= 0.3 is 0 Å². The van der Waals surface area contributed by atoms with E-state index in [1.54, 1.807) is 17.0 Å². The standard InChI is InChI=1S/C15H21FN2O/c1-11-5-6-14(16)13(10-11)15(19)18-9-3-2-4-12(18)7-8-17/h5-6,10,12H,2-4,7-9,17H2,1H3/t12-/m1/s1. The van der Waals surface area contributed by atoms with Crippen molar-refractivity contribution in [3.63, 3.8) is 0 Å². The van der Waals surface area contributed by atoms with Crippen molar-refractivity contribution in [1.82, 2.24) is 4.90 Å². The fourth-order valence-corrected chi connectivity index (χ4v) is 2.72. The molecule has 19 heavy (non-hydrogen) atoms.